The summed E-state index contributed by atoms with van der Waals surface area (Å²) >= 11 is 1.65. The molecule has 1 aliphatic heterocycles. The molecule has 0 aromatic carbocycles. The van der Waals surface area contributed by atoms with Gasteiger partial charge < -0.3 is 16.2 Å². The van der Waals surface area contributed by atoms with Crippen LogP contribution < -0.4 is 11.5 Å². The van der Waals surface area contributed by atoms with E-state index in [9.17, 15) is 4.79 Å². The molecular weight excluding hydrogens is 250 g/mol. The highest BCUT2D eigenvalue weighted by atomic mass is 32.1. The van der Waals surface area contributed by atoms with Crippen molar-refractivity contribution in [2.75, 3.05) is 19.8 Å². The first-order valence-electron chi connectivity index (χ1n) is 6.03. The smallest absolute Gasteiger partial charge is 0.237 e. The molecule has 100 valence electrons. The van der Waals surface area contributed by atoms with E-state index in [0.29, 0.717) is 19.8 Å². The molecule has 0 bridgehead atoms. The minimum Gasteiger partial charge on any atom is -0.378 e. The van der Waals surface area contributed by atoms with Crippen LogP contribution in [-0.4, -0.2) is 42.6 Å². The maximum Gasteiger partial charge on any atom is 0.237 e. The molecule has 4 N–H and O–H groups in total. The van der Waals surface area contributed by atoms with Gasteiger partial charge in [0.25, 0.3) is 0 Å². The van der Waals surface area contributed by atoms with Crippen LogP contribution in [-0.2, 0) is 9.53 Å². The Labute approximate surface area is 111 Å². The van der Waals surface area contributed by atoms with E-state index in [2.05, 4.69) is 4.90 Å². The van der Waals surface area contributed by atoms with E-state index in [1.807, 2.05) is 24.4 Å². The molecule has 0 saturated carbocycles. The van der Waals surface area contributed by atoms with Gasteiger partial charge in [-0.05, 0) is 18.4 Å². The Balaban J connectivity index is 2.26. The molecular formula is C12H19N3O2S. The van der Waals surface area contributed by atoms with Gasteiger partial charge >= 0.3 is 0 Å². The number of carbonyl (C=O) groups is 1. The second-order valence-electron chi connectivity index (χ2n) is 4.55. The largest absolute Gasteiger partial charge is 0.378 e. The number of ether oxygens (including phenoxy) is 1. The van der Waals surface area contributed by atoms with Gasteiger partial charge in [-0.1, -0.05) is 6.07 Å². The lowest BCUT2D eigenvalue weighted by molar-refractivity contribution is -0.131. The Morgan fingerprint density at radius 3 is 3.00 bits per heavy atom. The van der Waals surface area contributed by atoms with E-state index >= 15 is 0 Å². The van der Waals surface area contributed by atoms with E-state index in [1.165, 1.54) is 0 Å². The van der Waals surface area contributed by atoms with Crippen LogP contribution in [0.2, 0.25) is 0 Å². The normalized spacial score (nSPS) is 24.7. The Morgan fingerprint density at radius 2 is 2.44 bits per heavy atom. The number of hydrogen-bond donors (Lipinski definition) is 2. The SMILES string of the molecule is CC(N)C(c1cccs1)N1CCOCC1C(N)=O. The lowest BCUT2D eigenvalue weighted by Gasteiger charge is -2.40. The highest BCUT2D eigenvalue weighted by molar-refractivity contribution is 7.10. The van der Waals surface area contributed by atoms with E-state index < -0.39 is 6.04 Å². The topological polar surface area (TPSA) is 81.6 Å². The van der Waals surface area contributed by atoms with E-state index in [1.54, 1.807) is 11.3 Å². The fourth-order valence-electron chi connectivity index (χ4n) is 2.38. The van der Waals surface area contributed by atoms with Crippen molar-refractivity contribution in [1.82, 2.24) is 4.90 Å². The van der Waals surface area contributed by atoms with Crippen molar-refractivity contribution in [3.05, 3.63) is 22.4 Å². The number of rotatable bonds is 4. The fraction of sp³-hybridized carbons (Fsp3) is 0.583. The van der Waals surface area contributed by atoms with Crippen LogP contribution in [0.4, 0.5) is 0 Å². The van der Waals surface area contributed by atoms with Gasteiger partial charge in [-0.3, -0.25) is 9.69 Å². The number of carbonyl (C=O) groups excluding carboxylic acids is 1. The van der Waals surface area contributed by atoms with Crippen LogP contribution in [0.15, 0.2) is 17.5 Å². The maximum atomic E-state index is 11.5. The molecule has 5 nitrogen and oxygen atoms in total. The molecule has 1 aliphatic rings. The summed E-state index contributed by atoms with van der Waals surface area (Å²) in [4.78, 5) is 14.8. The maximum absolute atomic E-state index is 11.5. The third-order valence-electron chi connectivity index (χ3n) is 3.19. The molecule has 2 heterocycles. The van der Waals surface area contributed by atoms with Crippen LogP contribution >= 0.6 is 11.3 Å². The molecule has 1 saturated heterocycles. The second-order valence-corrected chi connectivity index (χ2v) is 5.53. The van der Waals surface area contributed by atoms with Crippen LogP contribution in [0, 0.1) is 0 Å². The summed E-state index contributed by atoms with van der Waals surface area (Å²) in [5.74, 6) is -0.350. The number of morpholine rings is 1. The van der Waals surface area contributed by atoms with E-state index in [0.717, 1.165) is 4.88 Å². The molecule has 3 unspecified atom stereocenters. The third-order valence-corrected chi connectivity index (χ3v) is 4.13. The quantitative estimate of drug-likeness (QED) is 0.825. The number of nitrogens with zero attached hydrogens (tertiary/aromatic N) is 1. The zero-order chi connectivity index (χ0) is 13.1. The molecule has 0 spiro atoms. The molecule has 3 atom stereocenters. The van der Waals surface area contributed by atoms with Crippen LogP contribution in [0.1, 0.15) is 17.8 Å². The number of thiophene rings is 1. The van der Waals surface area contributed by atoms with Gasteiger partial charge in [-0.2, -0.15) is 0 Å². The summed E-state index contributed by atoms with van der Waals surface area (Å²) in [6.45, 7) is 3.60. The lowest BCUT2D eigenvalue weighted by Crippen LogP contribution is -2.56. The molecule has 1 aromatic rings. The zero-order valence-corrected chi connectivity index (χ0v) is 11.2. The molecule has 1 amide bonds. The van der Waals surface area contributed by atoms with Crippen molar-refractivity contribution < 1.29 is 9.53 Å². The highest BCUT2D eigenvalue weighted by Gasteiger charge is 2.35. The molecule has 18 heavy (non-hydrogen) atoms. The average molecular weight is 269 g/mol. The number of primary amides is 1. The van der Waals surface area contributed by atoms with Crippen LogP contribution in [0.25, 0.3) is 0 Å². The minimum atomic E-state index is -0.392. The molecule has 2 rings (SSSR count). The Morgan fingerprint density at radius 1 is 1.67 bits per heavy atom. The van der Waals surface area contributed by atoms with Gasteiger partial charge in [0.05, 0.1) is 19.3 Å². The summed E-state index contributed by atoms with van der Waals surface area (Å²) in [6.07, 6.45) is 0. The van der Waals surface area contributed by atoms with Crippen molar-refractivity contribution in [2.45, 2.75) is 25.0 Å². The standard InChI is InChI=1S/C12H19N3O2S/c1-8(13)11(10-3-2-6-18-10)15-4-5-17-7-9(15)12(14)16/h2-3,6,8-9,11H,4-5,7,13H2,1H3,(H2,14,16). The van der Waals surface area contributed by atoms with Crippen molar-refractivity contribution >= 4 is 17.2 Å². The van der Waals surface area contributed by atoms with Crippen molar-refractivity contribution in [3.63, 3.8) is 0 Å². The number of amides is 1. The average Bonchev–Trinajstić information content (AvgIpc) is 2.83. The zero-order valence-electron chi connectivity index (χ0n) is 10.4. The third kappa shape index (κ3) is 2.72. The molecule has 0 radical (unpaired) electrons. The summed E-state index contributed by atoms with van der Waals surface area (Å²) in [7, 11) is 0. The van der Waals surface area contributed by atoms with Crippen LogP contribution in [0.3, 0.4) is 0 Å². The molecule has 1 aromatic heterocycles. The molecule has 6 heteroatoms. The van der Waals surface area contributed by atoms with Crippen molar-refractivity contribution in [1.29, 1.82) is 0 Å². The Kier molecular flexibility index (Phi) is 4.34. The number of nitrogens with two attached hydrogens (primary N) is 2. The fourth-order valence-corrected chi connectivity index (χ4v) is 3.34. The Bertz CT molecular complexity index is 394. The van der Waals surface area contributed by atoms with Gasteiger partial charge in [0.2, 0.25) is 5.91 Å². The van der Waals surface area contributed by atoms with E-state index in [4.69, 9.17) is 16.2 Å². The van der Waals surface area contributed by atoms with Crippen LogP contribution in [0.5, 0.6) is 0 Å². The van der Waals surface area contributed by atoms with Gasteiger partial charge in [0, 0.05) is 17.5 Å². The monoisotopic (exact) mass is 269 g/mol. The summed E-state index contributed by atoms with van der Waals surface area (Å²) in [5.41, 5.74) is 11.5. The van der Waals surface area contributed by atoms with Gasteiger partial charge in [0.15, 0.2) is 0 Å². The highest BCUT2D eigenvalue weighted by Crippen LogP contribution is 2.30. The number of hydrogen-bond acceptors (Lipinski definition) is 5. The van der Waals surface area contributed by atoms with Gasteiger partial charge in [-0.15, -0.1) is 11.3 Å². The summed E-state index contributed by atoms with van der Waals surface area (Å²) < 4.78 is 5.34. The van der Waals surface area contributed by atoms with Gasteiger partial charge in [-0.25, -0.2) is 0 Å². The van der Waals surface area contributed by atoms with Crippen molar-refractivity contribution in [2.24, 2.45) is 11.5 Å². The predicted octanol–water partition coefficient (Wildman–Crippen LogP) is 0.323. The van der Waals surface area contributed by atoms with Crippen molar-refractivity contribution in [3.8, 4) is 0 Å². The first kappa shape index (κ1) is 13.5. The first-order valence-corrected chi connectivity index (χ1v) is 6.91. The second kappa shape index (κ2) is 5.79. The Hall–Kier alpha value is -0.950. The molecule has 1 fully saturated rings. The molecule has 0 aliphatic carbocycles. The predicted molar refractivity (Wildman–Crippen MR) is 71.2 cm³/mol. The first-order chi connectivity index (χ1) is 8.61. The lowest BCUT2D eigenvalue weighted by atomic mass is 10.0. The minimum absolute atomic E-state index is 0.0198. The summed E-state index contributed by atoms with van der Waals surface area (Å²) in [6, 6.07) is 3.60. The van der Waals surface area contributed by atoms with E-state index in [-0.39, 0.29) is 18.0 Å². The summed E-state index contributed by atoms with van der Waals surface area (Å²) in [5, 5.41) is 2.02. The van der Waals surface area contributed by atoms with Gasteiger partial charge in [0.1, 0.15) is 6.04 Å².